The Morgan fingerprint density at radius 3 is 1.41 bits per heavy atom. The molecular weight excluding hydrogens is 363 g/mol. The van der Waals surface area contributed by atoms with E-state index < -0.39 is 18.7 Å². The first-order chi connectivity index (χ1) is 11.9. The molecule has 1 unspecified atom stereocenters. The molecule has 0 aromatic heterocycles. The summed E-state index contributed by atoms with van der Waals surface area (Å²) in [4.78, 5) is 2.38. The molecule has 0 aliphatic carbocycles. The molecule has 2 saturated heterocycles. The van der Waals surface area contributed by atoms with Crippen LogP contribution in [0.4, 0.5) is 0 Å². The van der Waals surface area contributed by atoms with E-state index >= 15 is 0 Å². The number of hydrogen-bond acceptors (Lipinski definition) is 6. The van der Waals surface area contributed by atoms with Crippen LogP contribution in [0.15, 0.2) is 0 Å². The van der Waals surface area contributed by atoms with Gasteiger partial charge < -0.3 is 14.3 Å². The van der Waals surface area contributed by atoms with Crippen LogP contribution in [0.25, 0.3) is 0 Å². The molecule has 27 heavy (non-hydrogen) atoms. The summed E-state index contributed by atoms with van der Waals surface area (Å²) in [5, 5.41) is 11.9. The van der Waals surface area contributed by atoms with Crippen molar-refractivity contribution in [2.24, 2.45) is 0 Å². The standard InChI is InChI=1S/C20H41N2O4P/c1-17(2)11-15(12-18(3,4)21(17)9)25-27(10,24)26-16-13-19(5,6)22(23)20(7,8)14-16/h15-16,23H,11-14H2,1-10H3. The first-order valence-corrected chi connectivity index (χ1v) is 12.0. The van der Waals surface area contributed by atoms with Crippen LogP contribution in [0.1, 0.15) is 81.1 Å². The van der Waals surface area contributed by atoms with Gasteiger partial charge in [0.25, 0.3) is 0 Å². The van der Waals surface area contributed by atoms with Gasteiger partial charge in [-0.25, -0.2) is 0 Å². The first-order valence-electron chi connectivity index (χ1n) is 10.1. The van der Waals surface area contributed by atoms with Crippen molar-refractivity contribution in [2.75, 3.05) is 13.7 Å². The highest BCUT2D eigenvalue weighted by molar-refractivity contribution is 7.53. The molecule has 1 atom stereocenters. The van der Waals surface area contributed by atoms with Crippen molar-refractivity contribution in [3.05, 3.63) is 0 Å². The average Bonchev–Trinajstić information content (AvgIpc) is 2.39. The van der Waals surface area contributed by atoms with Crippen LogP contribution in [0, 0.1) is 0 Å². The lowest BCUT2D eigenvalue weighted by atomic mass is 9.79. The van der Waals surface area contributed by atoms with E-state index in [0.717, 1.165) is 12.8 Å². The van der Waals surface area contributed by atoms with Gasteiger partial charge in [-0.3, -0.25) is 9.46 Å². The van der Waals surface area contributed by atoms with Crippen LogP contribution in [-0.2, 0) is 13.6 Å². The Balaban J connectivity index is 2.08. The highest BCUT2D eigenvalue weighted by atomic mass is 31.2. The highest BCUT2D eigenvalue weighted by Gasteiger charge is 2.48. The van der Waals surface area contributed by atoms with Crippen molar-refractivity contribution in [3.8, 4) is 0 Å². The molecule has 2 aliphatic rings. The van der Waals surface area contributed by atoms with Crippen molar-refractivity contribution in [1.82, 2.24) is 9.96 Å². The van der Waals surface area contributed by atoms with Crippen LogP contribution in [0.5, 0.6) is 0 Å². The molecule has 0 spiro atoms. The van der Waals surface area contributed by atoms with E-state index in [1.165, 1.54) is 5.06 Å². The predicted molar refractivity (Wildman–Crippen MR) is 109 cm³/mol. The fourth-order valence-corrected chi connectivity index (χ4v) is 6.60. The Bertz CT molecular complexity index is 519. The molecule has 0 aromatic rings. The minimum Gasteiger partial charge on any atom is -0.313 e. The maximum absolute atomic E-state index is 13.2. The summed E-state index contributed by atoms with van der Waals surface area (Å²) in [6.45, 7) is 18.3. The zero-order valence-electron chi connectivity index (χ0n) is 19.0. The van der Waals surface area contributed by atoms with Crippen molar-refractivity contribution < 1.29 is 18.8 Å². The molecule has 0 amide bonds. The minimum atomic E-state index is -3.21. The average molecular weight is 405 g/mol. The van der Waals surface area contributed by atoms with Gasteiger partial charge in [-0.05, 0) is 88.1 Å². The second-order valence-electron chi connectivity index (χ2n) is 11.2. The van der Waals surface area contributed by atoms with E-state index in [2.05, 4.69) is 39.6 Å². The fourth-order valence-electron chi connectivity index (χ4n) is 5.17. The summed E-state index contributed by atoms with van der Waals surface area (Å²) in [6.07, 6.45) is 2.56. The second-order valence-corrected chi connectivity index (χ2v) is 13.1. The van der Waals surface area contributed by atoms with Crippen molar-refractivity contribution in [1.29, 1.82) is 0 Å². The zero-order chi connectivity index (χ0) is 21.1. The van der Waals surface area contributed by atoms with Gasteiger partial charge in [0.15, 0.2) is 0 Å². The molecular formula is C20H41N2O4P. The summed E-state index contributed by atoms with van der Waals surface area (Å²) < 4.78 is 25.4. The third-order valence-electron chi connectivity index (χ3n) is 6.55. The first kappa shape index (κ1) is 23.3. The molecule has 2 rings (SSSR count). The third-order valence-corrected chi connectivity index (χ3v) is 7.91. The molecule has 1 N–H and O–H groups in total. The zero-order valence-corrected chi connectivity index (χ0v) is 19.9. The number of nitrogens with zero attached hydrogens (tertiary/aromatic N) is 2. The van der Waals surface area contributed by atoms with Crippen LogP contribution in [0.3, 0.4) is 0 Å². The predicted octanol–water partition coefficient (Wildman–Crippen LogP) is 4.90. The van der Waals surface area contributed by atoms with E-state index in [0.29, 0.717) is 12.8 Å². The lowest BCUT2D eigenvalue weighted by Crippen LogP contribution is -2.60. The van der Waals surface area contributed by atoms with Gasteiger partial charge in [0.1, 0.15) is 0 Å². The second kappa shape index (κ2) is 7.07. The number of hydroxylamine groups is 2. The van der Waals surface area contributed by atoms with Crippen molar-refractivity contribution >= 4 is 7.60 Å². The molecule has 0 aromatic carbocycles. The lowest BCUT2D eigenvalue weighted by molar-refractivity contribution is -0.255. The Kier molecular flexibility index (Phi) is 6.10. The van der Waals surface area contributed by atoms with Gasteiger partial charge in [0.2, 0.25) is 0 Å². The number of rotatable bonds is 4. The molecule has 160 valence electrons. The van der Waals surface area contributed by atoms with Gasteiger partial charge in [0, 0.05) is 28.8 Å². The van der Waals surface area contributed by atoms with Crippen molar-refractivity contribution in [3.63, 3.8) is 0 Å². The number of likely N-dealkylation sites (tertiary alicyclic amines) is 1. The normalized spacial score (nSPS) is 31.5. The largest absolute Gasteiger partial charge is 0.328 e. The smallest absolute Gasteiger partial charge is 0.313 e. The summed E-state index contributed by atoms with van der Waals surface area (Å²) in [6, 6.07) is 0. The van der Waals surface area contributed by atoms with Gasteiger partial charge in [0.05, 0.1) is 12.2 Å². The van der Waals surface area contributed by atoms with Gasteiger partial charge >= 0.3 is 7.60 Å². The van der Waals surface area contributed by atoms with Crippen LogP contribution in [-0.4, -0.2) is 63.2 Å². The summed E-state index contributed by atoms with van der Waals surface area (Å²) >= 11 is 0. The van der Waals surface area contributed by atoms with Crippen LogP contribution >= 0.6 is 7.60 Å². The minimum absolute atomic E-state index is 0.0291. The monoisotopic (exact) mass is 404 g/mol. The van der Waals surface area contributed by atoms with Gasteiger partial charge in [-0.2, -0.15) is 5.06 Å². The lowest BCUT2D eigenvalue weighted by Gasteiger charge is -2.54. The Hall–Kier alpha value is 0.0300. The maximum atomic E-state index is 13.2. The van der Waals surface area contributed by atoms with E-state index in [-0.39, 0.29) is 23.3 Å². The van der Waals surface area contributed by atoms with Crippen LogP contribution < -0.4 is 0 Å². The van der Waals surface area contributed by atoms with Crippen molar-refractivity contribution in [2.45, 2.75) is 115 Å². The quantitative estimate of drug-likeness (QED) is 0.672. The van der Waals surface area contributed by atoms with Gasteiger partial charge in [-0.15, -0.1) is 0 Å². The SMILES string of the molecule is CN1C(C)(C)CC(OP(C)(=O)OC2CC(C)(C)N(O)C(C)(C)C2)CC1(C)C. The third kappa shape index (κ3) is 5.15. The number of piperidine rings is 2. The topological polar surface area (TPSA) is 62.2 Å². The molecule has 6 nitrogen and oxygen atoms in total. The van der Waals surface area contributed by atoms with E-state index in [4.69, 9.17) is 9.05 Å². The molecule has 2 aliphatic heterocycles. The Morgan fingerprint density at radius 2 is 1.07 bits per heavy atom. The molecule has 0 bridgehead atoms. The Morgan fingerprint density at radius 1 is 0.778 bits per heavy atom. The molecule has 0 saturated carbocycles. The number of hydrogen-bond donors (Lipinski definition) is 1. The fraction of sp³-hybridized carbons (Fsp3) is 1.00. The summed E-state index contributed by atoms with van der Waals surface area (Å²) in [7, 11) is -1.07. The summed E-state index contributed by atoms with van der Waals surface area (Å²) in [5.41, 5.74) is -0.939. The molecule has 2 fully saturated rings. The van der Waals surface area contributed by atoms with Crippen LogP contribution in [0.2, 0.25) is 0 Å². The molecule has 7 heteroatoms. The summed E-state index contributed by atoms with van der Waals surface area (Å²) in [5.74, 6) is 0. The van der Waals surface area contributed by atoms with E-state index in [9.17, 15) is 9.77 Å². The Labute approximate surface area is 166 Å². The highest BCUT2D eigenvalue weighted by Crippen LogP contribution is 2.53. The van der Waals surface area contributed by atoms with E-state index in [1.807, 2.05) is 27.7 Å². The van der Waals surface area contributed by atoms with E-state index in [1.54, 1.807) is 6.66 Å². The molecule has 0 radical (unpaired) electrons. The van der Waals surface area contributed by atoms with Gasteiger partial charge in [-0.1, -0.05) is 0 Å². The molecule has 2 heterocycles. The maximum Gasteiger partial charge on any atom is 0.328 e.